The van der Waals surface area contributed by atoms with Gasteiger partial charge < -0.3 is 4.42 Å². The van der Waals surface area contributed by atoms with Gasteiger partial charge in [-0.25, -0.2) is 9.67 Å². The summed E-state index contributed by atoms with van der Waals surface area (Å²) in [4.78, 5) is 8.18. The van der Waals surface area contributed by atoms with Gasteiger partial charge in [0.25, 0.3) is 0 Å². The number of rotatable bonds is 5. The molecule has 0 N–H and O–H groups in total. The van der Waals surface area contributed by atoms with E-state index in [1.807, 2.05) is 6.07 Å². The van der Waals surface area contributed by atoms with E-state index in [0.717, 1.165) is 10.2 Å². The maximum atomic E-state index is 12.7. The minimum absolute atomic E-state index is 0.153. The van der Waals surface area contributed by atoms with Crippen LogP contribution in [0.2, 0.25) is 0 Å². The van der Waals surface area contributed by atoms with Crippen molar-refractivity contribution in [3.63, 3.8) is 0 Å². The Labute approximate surface area is 129 Å². The maximum absolute atomic E-state index is 12.7. The molecule has 0 saturated carbocycles. The molecule has 5 nitrogen and oxygen atoms in total. The maximum Gasteiger partial charge on any atom is 0.408 e. The third-order valence-electron chi connectivity index (χ3n) is 3.18. The van der Waals surface area contributed by atoms with Gasteiger partial charge in [-0.05, 0) is 30.2 Å². The van der Waals surface area contributed by atoms with Gasteiger partial charge in [-0.3, -0.25) is 4.98 Å². The standard InChI is InChI=1S/C15H13F3N4O/c16-15(17,18)10-22-13(6-5-11-3-1-7-19-9-11)20-14(21-22)12-4-2-8-23-12/h1-4,7-9H,5-6,10H2. The van der Waals surface area contributed by atoms with Crippen molar-refractivity contribution in [2.45, 2.75) is 25.6 Å². The van der Waals surface area contributed by atoms with E-state index >= 15 is 0 Å². The zero-order valence-corrected chi connectivity index (χ0v) is 12.0. The van der Waals surface area contributed by atoms with Crippen molar-refractivity contribution in [3.05, 3.63) is 54.3 Å². The SMILES string of the molecule is FC(F)(F)Cn1nc(-c2ccco2)nc1CCc1cccnc1. The predicted octanol–water partition coefficient (Wildman–Crippen LogP) is 3.28. The molecule has 0 aliphatic rings. The lowest BCUT2D eigenvalue weighted by Gasteiger charge is -2.08. The second-order valence-corrected chi connectivity index (χ2v) is 4.96. The number of aromatic nitrogens is 4. The monoisotopic (exact) mass is 322 g/mol. The molecule has 0 radical (unpaired) electrons. The van der Waals surface area contributed by atoms with Crippen LogP contribution >= 0.6 is 0 Å². The second-order valence-electron chi connectivity index (χ2n) is 4.96. The average Bonchev–Trinajstić information content (AvgIpc) is 3.14. The molecule has 0 unspecified atom stereocenters. The topological polar surface area (TPSA) is 56.7 Å². The summed E-state index contributed by atoms with van der Waals surface area (Å²) in [7, 11) is 0. The lowest BCUT2D eigenvalue weighted by atomic mass is 10.1. The Hall–Kier alpha value is -2.64. The summed E-state index contributed by atoms with van der Waals surface area (Å²) in [6.07, 6.45) is 1.24. The number of alkyl halides is 3. The number of pyridine rings is 1. The lowest BCUT2D eigenvalue weighted by molar-refractivity contribution is -0.143. The highest BCUT2D eigenvalue weighted by atomic mass is 19.4. The Morgan fingerprint density at radius 3 is 2.65 bits per heavy atom. The van der Waals surface area contributed by atoms with Crippen molar-refractivity contribution in [2.24, 2.45) is 0 Å². The van der Waals surface area contributed by atoms with Gasteiger partial charge in [0.1, 0.15) is 12.4 Å². The summed E-state index contributed by atoms with van der Waals surface area (Å²) < 4.78 is 44.2. The Morgan fingerprint density at radius 2 is 2.00 bits per heavy atom. The highest BCUT2D eigenvalue weighted by Crippen LogP contribution is 2.21. The normalized spacial score (nSPS) is 11.8. The minimum atomic E-state index is -4.36. The molecule has 0 atom stereocenters. The Morgan fingerprint density at radius 1 is 1.13 bits per heavy atom. The van der Waals surface area contributed by atoms with Gasteiger partial charge in [0.05, 0.1) is 6.26 Å². The number of nitrogens with zero attached hydrogens (tertiary/aromatic N) is 4. The van der Waals surface area contributed by atoms with Gasteiger partial charge in [0.2, 0.25) is 5.82 Å². The number of aryl methyl sites for hydroxylation is 2. The highest BCUT2D eigenvalue weighted by molar-refractivity contribution is 5.45. The third-order valence-corrected chi connectivity index (χ3v) is 3.18. The Kier molecular flexibility index (Phi) is 4.14. The fraction of sp³-hybridized carbons (Fsp3) is 0.267. The molecule has 0 spiro atoms. The summed E-state index contributed by atoms with van der Waals surface area (Å²) in [6, 6.07) is 6.89. The summed E-state index contributed by atoms with van der Waals surface area (Å²) in [5, 5.41) is 3.93. The molecule has 0 aromatic carbocycles. The number of halogens is 3. The molecule has 3 aromatic heterocycles. The smallest absolute Gasteiger partial charge is 0.408 e. The van der Waals surface area contributed by atoms with Crippen LogP contribution in [0.15, 0.2) is 47.3 Å². The molecule has 0 bridgehead atoms. The quantitative estimate of drug-likeness (QED) is 0.723. The Bertz CT molecular complexity index is 751. The zero-order chi connectivity index (χ0) is 16.3. The minimum Gasteiger partial charge on any atom is -0.461 e. The molecular weight excluding hydrogens is 309 g/mol. The van der Waals surface area contributed by atoms with E-state index in [2.05, 4.69) is 15.1 Å². The molecule has 0 saturated heterocycles. The zero-order valence-electron chi connectivity index (χ0n) is 12.0. The molecule has 0 aliphatic carbocycles. The lowest BCUT2D eigenvalue weighted by Crippen LogP contribution is -2.21. The molecule has 3 rings (SSSR count). The second kappa shape index (κ2) is 6.23. The van der Waals surface area contributed by atoms with Crippen molar-refractivity contribution in [2.75, 3.05) is 0 Å². The van der Waals surface area contributed by atoms with Crippen LogP contribution in [0.3, 0.4) is 0 Å². The first-order chi connectivity index (χ1) is 11.0. The highest BCUT2D eigenvalue weighted by Gasteiger charge is 2.30. The Balaban J connectivity index is 1.84. The molecule has 23 heavy (non-hydrogen) atoms. The predicted molar refractivity (Wildman–Crippen MR) is 75.4 cm³/mol. The van der Waals surface area contributed by atoms with E-state index in [-0.39, 0.29) is 11.6 Å². The van der Waals surface area contributed by atoms with Gasteiger partial charge in [0.15, 0.2) is 5.76 Å². The first-order valence-electron chi connectivity index (χ1n) is 6.94. The summed E-state index contributed by atoms with van der Waals surface area (Å²) >= 11 is 0. The van der Waals surface area contributed by atoms with Crippen LogP contribution in [0.1, 0.15) is 11.4 Å². The molecule has 3 aromatic rings. The van der Waals surface area contributed by atoms with Gasteiger partial charge in [-0.1, -0.05) is 6.07 Å². The van der Waals surface area contributed by atoms with Crippen LogP contribution in [0, 0.1) is 0 Å². The molecule has 120 valence electrons. The molecule has 0 fully saturated rings. The van der Waals surface area contributed by atoms with E-state index in [0.29, 0.717) is 18.6 Å². The molecule has 0 aliphatic heterocycles. The fourth-order valence-corrected chi connectivity index (χ4v) is 2.17. The van der Waals surface area contributed by atoms with Crippen LogP contribution < -0.4 is 0 Å². The summed E-state index contributed by atoms with van der Waals surface area (Å²) in [5.74, 6) is 0.756. The van der Waals surface area contributed by atoms with E-state index in [1.54, 1.807) is 30.6 Å². The number of furan rings is 1. The molecule has 8 heteroatoms. The van der Waals surface area contributed by atoms with Crippen LogP contribution in [0.25, 0.3) is 11.6 Å². The van der Waals surface area contributed by atoms with Crippen LogP contribution in [-0.4, -0.2) is 25.9 Å². The van der Waals surface area contributed by atoms with Gasteiger partial charge in [-0.2, -0.15) is 13.2 Å². The first-order valence-corrected chi connectivity index (χ1v) is 6.94. The van der Waals surface area contributed by atoms with E-state index in [1.165, 1.54) is 6.26 Å². The average molecular weight is 322 g/mol. The van der Waals surface area contributed by atoms with Crippen molar-refractivity contribution >= 4 is 0 Å². The van der Waals surface area contributed by atoms with Crippen molar-refractivity contribution < 1.29 is 17.6 Å². The van der Waals surface area contributed by atoms with E-state index in [4.69, 9.17) is 4.42 Å². The molecular formula is C15H13F3N4O. The van der Waals surface area contributed by atoms with Crippen LogP contribution in [-0.2, 0) is 19.4 Å². The van der Waals surface area contributed by atoms with Crippen molar-refractivity contribution in [1.29, 1.82) is 0 Å². The summed E-state index contributed by atoms with van der Waals surface area (Å²) in [5.41, 5.74) is 0.925. The third kappa shape index (κ3) is 3.97. The van der Waals surface area contributed by atoms with Crippen LogP contribution in [0.5, 0.6) is 0 Å². The molecule has 0 amide bonds. The number of hydrogen-bond donors (Lipinski definition) is 0. The van der Waals surface area contributed by atoms with Crippen LogP contribution in [0.4, 0.5) is 13.2 Å². The number of hydrogen-bond acceptors (Lipinski definition) is 4. The van der Waals surface area contributed by atoms with E-state index < -0.39 is 12.7 Å². The van der Waals surface area contributed by atoms with Crippen molar-refractivity contribution in [1.82, 2.24) is 19.7 Å². The first kappa shape index (κ1) is 15.3. The van der Waals surface area contributed by atoms with Gasteiger partial charge in [0, 0.05) is 18.8 Å². The van der Waals surface area contributed by atoms with Crippen molar-refractivity contribution in [3.8, 4) is 11.6 Å². The van der Waals surface area contributed by atoms with E-state index in [9.17, 15) is 13.2 Å². The van der Waals surface area contributed by atoms with Gasteiger partial charge in [-0.15, -0.1) is 5.10 Å². The van der Waals surface area contributed by atoms with Gasteiger partial charge >= 0.3 is 6.18 Å². The summed E-state index contributed by atoms with van der Waals surface area (Å²) in [6.45, 7) is -1.18. The largest absolute Gasteiger partial charge is 0.461 e. The molecule has 3 heterocycles. The fourth-order valence-electron chi connectivity index (χ4n) is 2.17.